The number of methoxy groups -OCH3 is 2. The van der Waals surface area contributed by atoms with Crippen molar-refractivity contribution in [2.75, 3.05) is 20.8 Å². The third kappa shape index (κ3) is 3.66. The summed E-state index contributed by atoms with van der Waals surface area (Å²) in [5, 5.41) is 10.3. The van der Waals surface area contributed by atoms with Crippen LogP contribution in [0.2, 0.25) is 0 Å². The van der Waals surface area contributed by atoms with Crippen molar-refractivity contribution in [1.82, 2.24) is 4.90 Å². The first-order valence-electron chi connectivity index (χ1n) is 8.46. The highest BCUT2D eigenvalue weighted by Gasteiger charge is 2.39. The number of aliphatic hydroxyl groups is 1. The van der Waals surface area contributed by atoms with E-state index in [9.17, 15) is 9.90 Å². The van der Waals surface area contributed by atoms with Crippen LogP contribution in [0.5, 0.6) is 11.5 Å². The predicted octanol–water partition coefficient (Wildman–Crippen LogP) is 3.40. The van der Waals surface area contributed by atoms with Gasteiger partial charge in [-0.15, -0.1) is 11.8 Å². The molecule has 1 amide bonds. The van der Waals surface area contributed by atoms with Gasteiger partial charge in [-0.2, -0.15) is 0 Å². The summed E-state index contributed by atoms with van der Waals surface area (Å²) in [5.74, 6) is 1.31. The Balaban J connectivity index is 1.87. The van der Waals surface area contributed by atoms with Gasteiger partial charge in [-0.05, 0) is 30.2 Å². The van der Waals surface area contributed by atoms with Crippen LogP contribution in [0, 0.1) is 0 Å². The number of ether oxygens (including phenoxy) is 2. The molecule has 1 fully saturated rings. The van der Waals surface area contributed by atoms with Crippen LogP contribution in [0.1, 0.15) is 29.5 Å². The number of hydrogen-bond acceptors (Lipinski definition) is 5. The number of benzene rings is 2. The van der Waals surface area contributed by atoms with Crippen LogP contribution in [0.25, 0.3) is 0 Å². The fourth-order valence-electron chi connectivity index (χ4n) is 3.09. The maximum absolute atomic E-state index is 12.7. The molecule has 0 unspecified atom stereocenters. The van der Waals surface area contributed by atoms with Crippen molar-refractivity contribution in [2.24, 2.45) is 0 Å². The number of carbonyl (C=O) groups is 1. The second-order valence-electron chi connectivity index (χ2n) is 6.16. The third-order valence-electron chi connectivity index (χ3n) is 4.49. The van der Waals surface area contributed by atoms with Crippen LogP contribution in [-0.2, 0) is 4.79 Å². The van der Waals surface area contributed by atoms with E-state index < -0.39 is 6.10 Å². The summed E-state index contributed by atoms with van der Waals surface area (Å²) in [7, 11) is 3.18. The number of carbonyl (C=O) groups excluding carboxylic acids is 1. The van der Waals surface area contributed by atoms with E-state index >= 15 is 0 Å². The van der Waals surface area contributed by atoms with Crippen LogP contribution in [0.3, 0.4) is 0 Å². The Hall–Kier alpha value is -2.18. The van der Waals surface area contributed by atoms with Gasteiger partial charge in [-0.3, -0.25) is 4.79 Å². The summed E-state index contributed by atoms with van der Waals surface area (Å²) < 4.78 is 10.7. The van der Waals surface area contributed by atoms with Gasteiger partial charge in [0.05, 0.1) is 32.1 Å². The molecule has 1 aliphatic heterocycles. The van der Waals surface area contributed by atoms with Gasteiger partial charge in [-0.1, -0.05) is 36.4 Å². The lowest BCUT2D eigenvalue weighted by Crippen LogP contribution is -2.34. The van der Waals surface area contributed by atoms with E-state index in [0.29, 0.717) is 11.5 Å². The van der Waals surface area contributed by atoms with Crippen LogP contribution < -0.4 is 9.47 Å². The lowest BCUT2D eigenvalue weighted by Gasteiger charge is -2.27. The third-order valence-corrected chi connectivity index (χ3v) is 5.89. The van der Waals surface area contributed by atoms with Gasteiger partial charge in [0.15, 0.2) is 11.5 Å². The number of amides is 1. The molecule has 6 heteroatoms. The summed E-state index contributed by atoms with van der Waals surface area (Å²) in [5.41, 5.74) is 1.75. The van der Waals surface area contributed by atoms with E-state index in [1.54, 1.807) is 30.9 Å². The van der Waals surface area contributed by atoms with Crippen molar-refractivity contribution in [3.05, 3.63) is 59.7 Å². The van der Waals surface area contributed by atoms with Gasteiger partial charge >= 0.3 is 0 Å². The minimum atomic E-state index is -0.728. The van der Waals surface area contributed by atoms with Gasteiger partial charge in [0, 0.05) is 0 Å². The molecule has 3 rings (SSSR count). The zero-order chi connectivity index (χ0) is 18.7. The normalized spacial score (nSPS) is 20.9. The standard InChI is InChI=1S/C20H23NO4S/c1-13-19(23)21(12-16(22)14-7-5-4-6-8-14)20(26-13)15-9-10-17(24-2)18(11-15)25-3/h4-11,13,16,20,22H,12H2,1-3H3/t13-,16+,20+/m1/s1. The number of thioether (sulfide) groups is 1. The van der Waals surface area contributed by atoms with Crippen LogP contribution in [0.15, 0.2) is 48.5 Å². The summed E-state index contributed by atoms with van der Waals surface area (Å²) in [6.07, 6.45) is -0.728. The molecule has 0 radical (unpaired) electrons. The highest BCUT2D eigenvalue weighted by molar-refractivity contribution is 8.01. The van der Waals surface area contributed by atoms with Crippen LogP contribution in [0.4, 0.5) is 0 Å². The topological polar surface area (TPSA) is 59.0 Å². The first-order valence-corrected chi connectivity index (χ1v) is 9.40. The summed E-state index contributed by atoms with van der Waals surface area (Å²) >= 11 is 1.57. The van der Waals surface area contributed by atoms with Gasteiger partial charge in [-0.25, -0.2) is 0 Å². The largest absolute Gasteiger partial charge is 0.493 e. The van der Waals surface area contributed by atoms with Crippen LogP contribution >= 0.6 is 11.8 Å². The molecular formula is C20H23NO4S. The fourth-order valence-corrected chi connectivity index (χ4v) is 4.37. The molecule has 3 atom stereocenters. The van der Waals surface area contributed by atoms with Gasteiger partial charge < -0.3 is 19.5 Å². The van der Waals surface area contributed by atoms with Crippen molar-refractivity contribution < 1.29 is 19.4 Å². The lowest BCUT2D eigenvalue weighted by molar-refractivity contribution is -0.131. The van der Waals surface area contributed by atoms with E-state index in [2.05, 4.69) is 0 Å². The zero-order valence-electron chi connectivity index (χ0n) is 15.1. The van der Waals surface area contributed by atoms with E-state index in [4.69, 9.17) is 9.47 Å². The van der Waals surface area contributed by atoms with E-state index in [1.165, 1.54) is 0 Å². The van der Waals surface area contributed by atoms with Crippen molar-refractivity contribution >= 4 is 17.7 Å². The number of aliphatic hydroxyl groups excluding tert-OH is 1. The molecule has 5 nitrogen and oxygen atoms in total. The maximum Gasteiger partial charge on any atom is 0.236 e. The maximum atomic E-state index is 12.7. The molecule has 0 saturated carbocycles. The quantitative estimate of drug-likeness (QED) is 0.841. The van der Waals surface area contributed by atoms with Gasteiger partial charge in [0.25, 0.3) is 0 Å². The monoisotopic (exact) mass is 373 g/mol. The van der Waals surface area contributed by atoms with E-state index in [0.717, 1.165) is 11.1 Å². The van der Waals surface area contributed by atoms with Crippen LogP contribution in [-0.4, -0.2) is 41.9 Å². The molecule has 2 aromatic rings. The first-order chi connectivity index (χ1) is 12.5. The summed E-state index contributed by atoms with van der Waals surface area (Å²) in [6, 6.07) is 15.1. The highest BCUT2D eigenvalue weighted by atomic mass is 32.2. The highest BCUT2D eigenvalue weighted by Crippen LogP contribution is 2.45. The molecule has 1 N–H and O–H groups in total. The molecule has 26 heavy (non-hydrogen) atoms. The zero-order valence-corrected chi connectivity index (χ0v) is 15.9. The minimum absolute atomic E-state index is 0.0322. The smallest absolute Gasteiger partial charge is 0.236 e. The molecule has 0 bridgehead atoms. The number of nitrogens with zero attached hydrogens (tertiary/aromatic N) is 1. The second kappa shape index (κ2) is 8.01. The van der Waals surface area contributed by atoms with Crippen molar-refractivity contribution in [1.29, 1.82) is 0 Å². The molecular weight excluding hydrogens is 350 g/mol. The average Bonchev–Trinajstić information content (AvgIpc) is 2.96. The van der Waals surface area contributed by atoms with Crippen molar-refractivity contribution in [3.63, 3.8) is 0 Å². The Bertz CT molecular complexity index is 768. The Morgan fingerprint density at radius 3 is 2.46 bits per heavy atom. The lowest BCUT2D eigenvalue weighted by atomic mass is 10.1. The number of β-amino-alcohol motifs (C(OH)–C–C–N with tert-alkyl or cyclic N) is 1. The van der Waals surface area contributed by atoms with Gasteiger partial charge in [0.2, 0.25) is 5.91 Å². The number of hydrogen-bond donors (Lipinski definition) is 1. The molecule has 0 spiro atoms. The minimum Gasteiger partial charge on any atom is -0.493 e. The Kier molecular flexibility index (Phi) is 5.74. The second-order valence-corrected chi connectivity index (χ2v) is 7.59. The molecule has 0 aromatic heterocycles. The Morgan fingerprint density at radius 1 is 1.12 bits per heavy atom. The molecule has 0 aliphatic carbocycles. The molecule has 1 heterocycles. The summed E-state index contributed by atoms with van der Waals surface area (Å²) in [4.78, 5) is 14.4. The van der Waals surface area contributed by atoms with Crippen molar-refractivity contribution in [2.45, 2.75) is 23.7 Å². The predicted molar refractivity (Wildman–Crippen MR) is 102 cm³/mol. The average molecular weight is 373 g/mol. The molecule has 138 valence electrons. The number of rotatable bonds is 6. The van der Waals surface area contributed by atoms with E-state index in [-0.39, 0.29) is 23.1 Å². The van der Waals surface area contributed by atoms with E-state index in [1.807, 2.05) is 55.5 Å². The fraction of sp³-hybridized carbons (Fsp3) is 0.350. The molecule has 2 aromatic carbocycles. The Morgan fingerprint density at radius 2 is 1.81 bits per heavy atom. The first kappa shape index (κ1) is 18.6. The van der Waals surface area contributed by atoms with Gasteiger partial charge in [0.1, 0.15) is 5.37 Å². The van der Waals surface area contributed by atoms with Crippen molar-refractivity contribution in [3.8, 4) is 11.5 Å². The molecule has 1 saturated heterocycles. The Labute approximate surface area is 157 Å². The SMILES string of the molecule is COc1ccc([C@@H]2S[C@H](C)C(=O)N2C[C@H](O)c2ccccc2)cc1OC. The molecule has 1 aliphatic rings. The summed E-state index contributed by atoms with van der Waals surface area (Å²) in [6.45, 7) is 2.15.